The first-order valence-electron chi connectivity index (χ1n) is 8.17. The monoisotopic (exact) mass is 291 g/mol. The highest BCUT2D eigenvalue weighted by atomic mass is 16.5. The average molecular weight is 291 g/mol. The zero-order valence-electron chi connectivity index (χ0n) is 13.0. The maximum absolute atomic E-state index is 5.61. The number of anilines is 2. The molecule has 116 valence electrons. The minimum atomic E-state index is 0.440. The Balaban J connectivity index is 1.78. The number of nitrogens with one attached hydrogen (secondary N) is 1. The molecule has 0 amide bonds. The molecular formula is C15H25N5O. The third kappa shape index (κ3) is 3.19. The van der Waals surface area contributed by atoms with E-state index < -0.39 is 0 Å². The van der Waals surface area contributed by atoms with Crippen molar-refractivity contribution < 1.29 is 4.74 Å². The topological polar surface area (TPSA) is 63.2 Å². The van der Waals surface area contributed by atoms with Gasteiger partial charge in [0.15, 0.2) is 0 Å². The van der Waals surface area contributed by atoms with Crippen LogP contribution in [0.2, 0.25) is 0 Å². The fraction of sp³-hybridized carbons (Fsp3) is 0.800. The molecule has 1 aliphatic carbocycles. The molecule has 2 heterocycles. The van der Waals surface area contributed by atoms with Gasteiger partial charge in [0.2, 0.25) is 11.9 Å². The summed E-state index contributed by atoms with van der Waals surface area (Å²) < 4.78 is 5.61. The van der Waals surface area contributed by atoms with Gasteiger partial charge in [0.1, 0.15) is 0 Å². The molecule has 2 unspecified atom stereocenters. The van der Waals surface area contributed by atoms with Crippen LogP contribution < -0.4 is 15.0 Å². The Labute approximate surface area is 126 Å². The normalized spacial score (nSPS) is 24.2. The fourth-order valence-electron chi connectivity index (χ4n) is 3.38. The van der Waals surface area contributed by atoms with Gasteiger partial charge in [0.25, 0.3) is 0 Å². The van der Waals surface area contributed by atoms with E-state index in [0.29, 0.717) is 18.6 Å². The molecule has 1 aliphatic heterocycles. The third-order valence-electron chi connectivity index (χ3n) is 4.38. The number of hydrogen-bond donors (Lipinski definition) is 1. The largest absolute Gasteiger partial charge is 0.463 e. The van der Waals surface area contributed by atoms with E-state index >= 15 is 0 Å². The molecule has 1 aromatic rings. The van der Waals surface area contributed by atoms with Crippen molar-refractivity contribution >= 4 is 11.9 Å². The summed E-state index contributed by atoms with van der Waals surface area (Å²) in [5.41, 5.74) is 0. The van der Waals surface area contributed by atoms with Crippen molar-refractivity contribution in [3.05, 3.63) is 0 Å². The lowest BCUT2D eigenvalue weighted by atomic mass is 10.0. The van der Waals surface area contributed by atoms with E-state index in [1.165, 1.54) is 19.3 Å². The maximum Gasteiger partial charge on any atom is 0.323 e. The summed E-state index contributed by atoms with van der Waals surface area (Å²) in [6.45, 7) is 7.70. The first-order chi connectivity index (χ1) is 10.3. The Bertz CT molecular complexity index is 469. The standard InChI is InChI=1S/C15H25N5O/c1-3-8-21-15-18-13(16-4-2)17-14(19-15)20-9-11-6-5-7-12(11)10-20/h11-12H,3-10H2,1-2H3,(H,16,17,18,19). The Kier molecular flexibility index (Phi) is 4.41. The highest BCUT2D eigenvalue weighted by Gasteiger charge is 2.37. The quantitative estimate of drug-likeness (QED) is 0.868. The number of aromatic nitrogens is 3. The van der Waals surface area contributed by atoms with Crippen molar-refractivity contribution in [3.8, 4) is 6.01 Å². The van der Waals surface area contributed by atoms with Gasteiger partial charge in [0.05, 0.1) is 6.61 Å². The highest BCUT2D eigenvalue weighted by molar-refractivity contribution is 5.39. The summed E-state index contributed by atoms with van der Waals surface area (Å²) in [4.78, 5) is 15.7. The van der Waals surface area contributed by atoms with E-state index in [1.54, 1.807) is 0 Å². The molecule has 0 aromatic carbocycles. The first kappa shape index (κ1) is 14.4. The summed E-state index contributed by atoms with van der Waals surface area (Å²) >= 11 is 0. The number of fused-ring (bicyclic) bond motifs is 1. The molecule has 2 fully saturated rings. The zero-order chi connectivity index (χ0) is 14.7. The van der Waals surface area contributed by atoms with Crippen molar-refractivity contribution in [1.82, 2.24) is 15.0 Å². The van der Waals surface area contributed by atoms with Gasteiger partial charge in [-0.05, 0) is 38.0 Å². The molecule has 2 atom stereocenters. The Hall–Kier alpha value is -1.59. The van der Waals surface area contributed by atoms with Crippen LogP contribution in [0.4, 0.5) is 11.9 Å². The van der Waals surface area contributed by atoms with Gasteiger partial charge >= 0.3 is 6.01 Å². The van der Waals surface area contributed by atoms with Crippen LogP contribution >= 0.6 is 0 Å². The lowest BCUT2D eigenvalue weighted by Crippen LogP contribution is -2.24. The van der Waals surface area contributed by atoms with Crippen LogP contribution in [0.5, 0.6) is 6.01 Å². The molecule has 1 saturated heterocycles. The van der Waals surface area contributed by atoms with Gasteiger partial charge in [-0.3, -0.25) is 0 Å². The van der Waals surface area contributed by atoms with Gasteiger partial charge in [0, 0.05) is 19.6 Å². The van der Waals surface area contributed by atoms with Gasteiger partial charge in [-0.15, -0.1) is 0 Å². The molecule has 21 heavy (non-hydrogen) atoms. The first-order valence-corrected chi connectivity index (χ1v) is 8.17. The van der Waals surface area contributed by atoms with Gasteiger partial charge in [-0.1, -0.05) is 13.3 Å². The second kappa shape index (κ2) is 6.45. The van der Waals surface area contributed by atoms with Gasteiger partial charge in [-0.25, -0.2) is 0 Å². The summed E-state index contributed by atoms with van der Waals surface area (Å²) in [7, 11) is 0. The number of rotatable bonds is 6. The van der Waals surface area contributed by atoms with Gasteiger partial charge < -0.3 is 15.0 Å². The van der Waals surface area contributed by atoms with Crippen LogP contribution in [0, 0.1) is 11.8 Å². The van der Waals surface area contributed by atoms with Crippen molar-refractivity contribution in [2.24, 2.45) is 11.8 Å². The van der Waals surface area contributed by atoms with Gasteiger partial charge in [-0.2, -0.15) is 15.0 Å². The molecule has 1 saturated carbocycles. The van der Waals surface area contributed by atoms with E-state index in [4.69, 9.17) is 4.74 Å². The zero-order valence-corrected chi connectivity index (χ0v) is 13.0. The lowest BCUT2D eigenvalue weighted by molar-refractivity contribution is 0.292. The van der Waals surface area contributed by atoms with Crippen LogP contribution in [0.3, 0.4) is 0 Å². The SMILES string of the molecule is CCCOc1nc(NCC)nc(N2CC3CCCC3C2)n1. The summed E-state index contributed by atoms with van der Waals surface area (Å²) in [6, 6.07) is 0.440. The maximum atomic E-state index is 5.61. The van der Waals surface area contributed by atoms with E-state index in [2.05, 4.69) is 32.1 Å². The predicted octanol–water partition coefficient (Wildman–Crippen LogP) is 2.33. The lowest BCUT2D eigenvalue weighted by Gasteiger charge is -2.18. The second-order valence-electron chi connectivity index (χ2n) is 5.98. The molecule has 1 N–H and O–H groups in total. The van der Waals surface area contributed by atoms with Crippen molar-refractivity contribution in [1.29, 1.82) is 0 Å². The minimum Gasteiger partial charge on any atom is -0.463 e. The Morgan fingerprint density at radius 3 is 2.57 bits per heavy atom. The average Bonchev–Trinajstić information content (AvgIpc) is 3.06. The Morgan fingerprint density at radius 2 is 1.90 bits per heavy atom. The number of nitrogens with zero attached hydrogens (tertiary/aromatic N) is 4. The van der Waals surface area contributed by atoms with Crippen molar-refractivity contribution in [3.63, 3.8) is 0 Å². The molecule has 3 rings (SSSR count). The van der Waals surface area contributed by atoms with E-state index in [-0.39, 0.29) is 0 Å². The van der Waals surface area contributed by atoms with Crippen molar-refractivity contribution in [2.45, 2.75) is 39.5 Å². The number of hydrogen-bond acceptors (Lipinski definition) is 6. The fourth-order valence-corrected chi connectivity index (χ4v) is 3.38. The third-order valence-corrected chi connectivity index (χ3v) is 4.38. The molecule has 6 heteroatoms. The number of ether oxygens (including phenoxy) is 1. The highest BCUT2D eigenvalue weighted by Crippen LogP contribution is 2.38. The van der Waals surface area contributed by atoms with Crippen LogP contribution in [-0.2, 0) is 0 Å². The smallest absolute Gasteiger partial charge is 0.323 e. The second-order valence-corrected chi connectivity index (χ2v) is 5.98. The van der Waals surface area contributed by atoms with E-state index in [0.717, 1.165) is 43.8 Å². The van der Waals surface area contributed by atoms with Crippen LogP contribution in [0.25, 0.3) is 0 Å². The van der Waals surface area contributed by atoms with Crippen LogP contribution in [-0.4, -0.2) is 41.2 Å². The molecule has 0 bridgehead atoms. The molecule has 6 nitrogen and oxygen atoms in total. The minimum absolute atomic E-state index is 0.440. The van der Waals surface area contributed by atoms with Crippen LogP contribution in [0.1, 0.15) is 39.5 Å². The Morgan fingerprint density at radius 1 is 1.14 bits per heavy atom. The molecule has 0 radical (unpaired) electrons. The molecule has 2 aliphatic rings. The molecular weight excluding hydrogens is 266 g/mol. The summed E-state index contributed by atoms with van der Waals surface area (Å²) in [5, 5.41) is 3.17. The summed E-state index contributed by atoms with van der Waals surface area (Å²) in [5.74, 6) is 3.03. The predicted molar refractivity (Wildman–Crippen MR) is 82.8 cm³/mol. The molecule has 0 spiro atoms. The van der Waals surface area contributed by atoms with E-state index in [9.17, 15) is 0 Å². The molecule has 1 aromatic heterocycles. The van der Waals surface area contributed by atoms with Crippen LogP contribution in [0.15, 0.2) is 0 Å². The summed E-state index contributed by atoms with van der Waals surface area (Å²) in [6.07, 6.45) is 5.04. The van der Waals surface area contributed by atoms with E-state index in [1.807, 2.05) is 6.92 Å². The van der Waals surface area contributed by atoms with Crippen molar-refractivity contribution in [2.75, 3.05) is 36.5 Å².